The van der Waals surface area contributed by atoms with Gasteiger partial charge in [0.25, 0.3) is 0 Å². The summed E-state index contributed by atoms with van der Waals surface area (Å²) in [5.74, 6) is 0. The van der Waals surface area contributed by atoms with Crippen LogP contribution < -0.4 is 5.73 Å². The summed E-state index contributed by atoms with van der Waals surface area (Å²) >= 11 is 0. The summed E-state index contributed by atoms with van der Waals surface area (Å²) in [7, 11) is 0. The Morgan fingerprint density at radius 2 is 1.94 bits per heavy atom. The average Bonchev–Trinajstić information content (AvgIpc) is 2.83. The zero-order chi connectivity index (χ0) is 12.4. The smallest absolute Gasteiger partial charge is 0.0741 e. The molecule has 0 aliphatic heterocycles. The quantitative estimate of drug-likeness (QED) is 0.760. The lowest BCUT2D eigenvalue weighted by Crippen LogP contribution is -2.03. The molecule has 2 aromatic carbocycles. The molecule has 3 nitrogen and oxygen atoms in total. The van der Waals surface area contributed by atoms with E-state index in [1.807, 2.05) is 23.0 Å². The Balaban J connectivity index is 2.11. The Hall–Kier alpha value is -2.13. The first kappa shape index (κ1) is 11.0. The maximum Gasteiger partial charge on any atom is 0.0741 e. The molecule has 2 N–H and O–H groups in total. The molecule has 0 radical (unpaired) electrons. The summed E-state index contributed by atoms with van der Waals surface area (Å²) in [6.45, 7) is 0.670. The summed E-state index contributed by atoms with van der Waals surface area (Å²) in [5.41, 5.74) is 9.05. The van der Waals surface area contributed by atoms with Gasteiger partial charge in [-0.2, -0.15) is 5.10 Å². The predicted molar refractivity (Wildman–Crippen MR) is 73.8 cm³/mol. The van der Waals surface area contributed by atoms with Crippen LogP contribution in [0.3, 0.4) is 0 Å². The second kappa shape index (κ2) is 4.63. The van der Waals surface area contributed by atoms with E-state index >= 15 is 0 Å². The summed E-state index contributed by atoms with van der Waals surface area (Å²) < 4.78 is 1.97. The lowest BCUT2D eigenvalue weighted by Gasteiger charge is -2.06. The van der Waals surface area contributed by atoms with Crippen molar-refractivity contribution in [3.05, 3.63) is 60.3 Å². The van der Waals surface area contributed by atoms with E-state index in [-0.39, 0.29) is 0 Å². The SMILES string of the molecule is NCCc1cccc(-n2ncc3ccccc32)c1. The molecule has 1 aromatic heterocycles. The van der Waals surface area contributed by atoms with Gasteiger partial charge in [-0.1, -0.05) is 30.3 Å². The van der Waals surface area contributed by atoms with Crippen LogP contribution in [-0.4, -0.2) is 16.3 Å². The zero-order valence-corrected chi connectivity index (χ0v) is 10.1. The predicted octanol–water partition coefficient (Wildman–Crippen LogP) is 2.53. The fraction of sp³-hybridized carbons (Fsp3) is 0.133. The number of aromatic nitrogens is 2. The molecule has 0 atom stereocenters. The van der Waals surface area contributed by atoms with Gasteiger partial charge in [-0.15, -0.1) is 0 Å². The second-order valence-corrected chi connectivity index (χ2v) is 4.32. The van der Waals surface area contributed by atoms with Gasteiger partial charge in [-0.25, -0.2) is 4.68 Å². The lowest BCUT2D eigenvalue weighted by atomic mass is 10.1. The van der Waals surface area contributed by atoms with Crippen molar-refractivity contribution < 1.29 is 0 Å². The number of rotatable bonds is 3. The Bertz CT molecular complexity index is 670. The highest BCUT2D eigenvalue weighted by Crippen LogP contribution is 2.18. The molecule has 0 aliphatic carbocycles. The minimum atomic E-state index is 0.670. The average molecular weight is 237 g/mol. The van der Waals surface area contributed by atoms with Gasteiger partial charge < -0.3 is 5.73 Å². The highest BCUT2D eigenvalue weighted by molar-refractivity contribution is 5.80. The Kier molecular flexibility index (Phi) is 2.82. The Labute approximate surface area is 106 Å². The molecule has 0 amide bonds. The fourth-order valence-electron chi connectivity index (χ4n) is 2.19. The van der Waals surface area contributed by atoms with Crippen LogP contribution in [-0.2, 0) is 6.42 Å². The number of nitrogens with zero attached hydrogens (tertiary/aromatic N) is 2. The molecule has 3 heteroatoms. The van der Waals surface area contributed by atoms with Crippen molar-refractivity contribution in [1.29, 1.82) is 0 Å². The molecule has 18 heavy (non-hydrogen) atoms. The molecule has 0 saturated carbocycles. The summed E-state index contributed by atoms with van der Waals surface area (Å²) in [5, 5.41) is 5.61. The number of hydrogen-bond donors (Lipinski definition) is 1. The van der Waals surface area contributed by atoms with Crippen LogP contribution in [0.4, 0.5) is 0 Å². The molecule has 3 rings (SSSR count). The highest BCUT2D eigenvalue weighted by Gasteiger charge is 2.04. The van der Waals surface area contributed by atoms with E-state index < -0.39 is 0 Å². The van der Waals surface area contributed by atoms with Gasteiger partial charge in [0.1, 0.15) is 0 Å². The third kappa shape index (κ3) is 1.89. The molecular weight excluding hydrogens is 222 g/mol. The Morgan fingerprint density at radius 1 is 1.06 bits per heavy atom. The van der Waals surface area contributed by atoms with Crippen molar-refractivity contribution in [3.63, 3.8) is 0 Å². The zero-order valence-electron chi connectivity index (χ0n) is 10.1. The van der Waals surface area contributed by atoms with Crippen LogP contribution in [0.2, 0.25) is 0 Å². The van der Waals surface area contributed by atoms with Gasteiger partial charge in [-0.3, -0.25) is 0 Å². The van der Waals surface area contributed by atoms with E-state index in [1.165, 1.54) is 5.56 Å². The lowest BCUT2D eigenvalue weighted by molar-refractivity contribution is 0.900. The summed E-state index contributed by atoms with van der Waals surface area (Å²) in [4.78, 5) is 0. The van der Waals surface area contributed by atoms with Gasteiger partial charge in [0, 0.05) is 5.39 Å². The van der Waals surface area contributed by atoms with Crippen molar-refractivity contribution in [2.75, 3.05) is 6.54 Å². The van der Waals surface area contributed by atoms with Crippen LogP contribution in [0.15, 0.2) is 54.7 Å². The number of benzene rings is 2. The van der Waals surface area contributed by atoms with Crippen molar-refractivity contribution in [2.45, 2.75) is 6.42 Å². The van der Waals surface area contributed by atoms with Crippen LogP contribution in [0.1, 0.15) is 5.56 Å². The van der Waals surface area contributed by atoms with E-state index in [9.17, 15) is 0 Å². The van der Waals surface area contributed by atoms with Crippen molar-refractivity contribution in [2.24, 2.45) is 5.73 Å². The summed E-state index contributed by atoms with van der Waals surface area (Å²) in [6, 6.07) is 16.6. The van der Waals surface area contributed by atoms with E-state index in [0.717, 1.165) is 23.0 Å². The van der Waals surface area contributed by atoms with Crippen molar-refractivity contribution in [3.8, 4) is 5.69 Å². The molecule has 0 unspecified atom stereocenters. The number of hydrogen-bond acceptors (Lipinski definition) is 2. The van der Waals surface area contributed by atoms with E-state index in [1.54, 1.807) is 0 Å². The van der Waals surface area contributed by atoms with Gasteiger partial charge in [-0.05, 0) is 36.7 Å². The maximum absolute atomic E-state index is 5.60. The topological polar surface area (TPSA) is 43.8 Å². The molecule has 0 bridgehead atoms. The van der Waals surface area contributed by atoms with Gasteiger partial charge in [0.2, 0.25) is 0 Å². The summed E-state index contributed by atoms with van der Waals surface area (Å²) in [6.07, 6.45) is 2.79. The molecule has 90 valence electrons. The standard InChI is InChI=1S/C15H15N3/c16-9-8-12-4-3-6-14(10-12)18-15-7-2-1-5-13(15)11-17-18/h1-7,10-11H,8-9,16H2. The van der Waals surface area contributed by atoms with Gasteiger partial charge in [0.15, 0.2) is 0 Å². The third-order valence-corrected chi connectivity index (χ3v) is 3.07. The first-order chi connectivity index (χ1) is 8.88. The van der Waals surface area contributed by atoms with E-state index in [4.69, 9.17) is 5.73 Å². The van der Waals surface area contributed by atoms with Crippen molar-refractivity contribution in [1.82, 2.24) is 9.78 Å². The molecule has 3 aromatic rings. The molecular formula is C15H15N3. The minimum absolute atomic E-state index is 0.670. The normalized spacial score (nSPS) is 10.9. The van der Waals surface area contributed by atoms with Gasteiger partial charge >= 0.3 is 0 Å². The second-order valence-electron chi connectivity index (χ2n) is 4.32. The molecule has 0 saturated heterocycles. The van der Waals surface area contributed by atoms with E-state index in [0.29, 0.717) is 6.54 Å². The fourth-order valence-corrected chi connectivity index (χ4v) is 2.19. The van der Waals surface area contributed by atoms with Crippen molar-refractivity contribution >= 4 is 10.9 Å². The van der Waals surface area contributed by atoms with Gasteiger partial charge in [0.05, 0.1) is 17.4 Å². The van der Waals surface area contributed by atoms with Crippen LogP contribution in [0.5, 0.6) is 0 Å². The third-order valence-electron chi connectivity index (χ3n) is 3.07. The number of fused-ring (bicyclic) bond motifs is 1. The first-order valence-electron chi connectivity index (χ1n) is 6.10. The Morgan fingerprint density at radius 3 is 2.83 bits per heavy atom. The molecule has 0 fully saturated rings. The minimum Gasteiger partial charge on any atom is -0.330 e. The number of nitrogens with two attached hydrogens (primary N) is 1. The number of para-hydroxylation sites is 1. The van der Waals surface area contributed by atoms with E-state index in [2.05, 4.69) is 41.5 Å². The van der Waals surface area contributed by atoms with Crippen LogP contribution in [0.25, 0.3) is 16.6 Å². The molecule has 0 aliphatic rings. The highest BCUT2D eigenvalue weighted by atomic mass is 15.3. The largest absolute Gasteiger partial charge is 0.330 e. The molecule has 0 spiro atoms. The van der Waals surface area contributed by atoms with Crippen LogP contribution in [0, 0.1) is 0 Å². The first-order valence-corrected chi connectivity index (χ1v) is 6.10. The monoisotopic (exact) mass is 237 g/mol. The molecule has 1 heterocycles. The van der Waals surface area contributed by atoms with Crippen LogP contribution >= 0.6 is 0 Å². The maximum atomic E-state index is 5.60.